The van der Waals surface area contributed by atoms with Crippen molar-refractivity contribution in [3.8, 4) is 0 Å². The number of nitrogens with one attached hydrogen (secondary N) is 1. The molecule has 0 aliphatic carbocycles. The minimum Gasteiger partial charge on any atom is -0.317 e. The van der Waals surface area contributed by atoms with E-state index < -0.39 is 0 Å². The first-order valence-electron chi connectivity index (χ1n) is 7.92. The molecule has 1 aliphatic rings. The summed E-state index contributed by atoms with van der Waals surface area (Å²) < 4.78 is 0. The van der Waals surface area contributed by atoms with Crippen molar-refractivity contribution in [1.82, 2.24) is 15.3 Å². The van der Waals surface area contributed by atoms with Gasteiger partial charge in [0.25, 0.3) is 0 Å². The van der Waals surface area contributed by atoms with Crippen molar-refractivity contribution < 1.29 is 0 Å². The first-order chi connectivity index (χ1) is 10.6. The maximum absolute atomic E-state index is 6.54. The number of nitrogens with zero attached hydrogens (tertiary/aromatic N) is 2. The van der Waals surface area contributed by atoms with E-state index in [4.69, 9.17) is 16.6 Å². The van der Waals surface area contributed by atoms with Crippen molar-refractivity contribution in [2.75, 3.05) is 13.1 Å². The molecule has 124 valence electrons. The minimum atomic E-state index is -0.115. The molecule has 0 atom stereocenters. The molecule has 0 bridgehead atoms. The van der Waals surface area contributed by atoms with Crippen molar-refractivity contribution in [2.45, 2.75) is 38.0 Å². The van der Waals surface area contributed by atoms with E-state index in [-0.39, 0.29) is 17.8 Å². The molecule has 1 aromatic heterocycles. The molecule has 2 heterocycles. The van der Waals surface area contributed by atoms with Gasteiger partial charge in [-0.3, -0.25) is 0 Å². The lowest BCUT2D eigenvalue weighted by Gasteiger charge is -2.38. The Morgan fingerprint density at radius 2 is 1.83 bits per heavy atom. The Labute approximate surface area is 149 Å². The van der Waals surface area contributed by atoms with E-state index in [9.17, 15) is 0 Å². The van der Waals surface area contributed by atoms with Crippen molar-refractivity contribution >= 4 is 24.0 Å². The highest BCUT2D eigenvalue weighted by Crippen LogP contribution is 2.42. The molecule has 2 aromatic rings. The molecule has 0 saturated carbocycles. The van der Waals surface area contributed by atoms with E-state index in [1.807, 2.05) is 18.3 Å². The third kappa shape index (κ3) is 3.52. The molecular formula is C18H23Cl2N3. The van der Waals surface area contributed by atoms with Crippen LogP contribution in [0, 0.1) is 0 Å². The lowest BCUT2D eigenvalue weighted by molar-refractivity contribution is 0.353. The first-order valence-corrected chi connectivity index (χ1v) is 8.30. The van der Waals surface area contributed by atoms with Crippen molar-refractivity contribution in [3.63, 3.8) is 0 Å². The van der Waals surface area contributed by atoms with E-state index in [0.29, 0.717) is 5.92 Å². The average molecular weight is 352 g/mol. The predicted molar refractivity (Wildman–Crippen MR) is 97.7 cm³/mol. The van der Waals surface area contributed by atoms with Gasteiger partial charge in [-0.25, -0.2) is 9.97 Å². The van der Waals surface area contributed by atoms with Gasteiger partial charge in [0, 0.05) is 22.6 Å². The Morgan fingerprint density at radius 1 is 1.13 bits per heavy atom. The second-order valence-electron chi connectivity index (χ2n) is 6.27. The van der Waals surface area contributed by atoms with Gasteiger partial charge in [-0.05, 0) is 43.6 Å². The van der Waals surface area contributed by atoms with Crippen LogP contribution in [0.3, 0.4) is 0 Å². The number of halogens is 2. The molecule has 5 heteroatoms. The van der Waals surface area contributed by atoms with Gasteiger partial charge in [0.2, 0.25) is 0 Å². The summed E-state index contributed by atoms with van der Waals surface area (Å²) in [5.74, 6) is 1.23. The maximum Gasteiger partial charge on any atom is 0.131 e. The molecule has 1 fully saturated rings. The number of rotatable bonds is 3. The Morgan fingerprint density at radius 3 is 2.48 bits per heavy atom. The van der Waals surface area contributed by atoms with Crippen LogP contribution in [-0.2, 0) is 5.41 Å². The molecule has 0 unspecified atom stereocenters. The fraction of sp³-hybridized carbons (Fsp3) is 0.444. The van der Waals surface area contributed by atoms with Gasteiger partial charge < -0.3 is 5.32 Å². The summed E-state index contributed by atoms with van der Waals surface area (Å²) in [6, 6.07) is 10.2. The molecule has 1 saturated heterocycles. The molecule has 0 spiro atoms. The first kappa shape index (κ1) is 18.2. The number of hydrogen-bond donors (Lipinski definition) is 1. The molecule has 23 heavy (non-hydrogen) atoms. The highest BCUT2D eigenvalue weighted by Gasteiger charge is 2.38. The van der Waals surface area contributed by atoms with Crippen LogP contribution in [0.25, 0.3) is 0 Å². The second kappa shape index (κ2) is 7.61. The Kier molecular flexibility index (Phi) is 6.01. The van der Waals surface area contributed by atoms with Crippen LogP contribution in [0.4, 0.5) is 0 Å². The van der Waals surface area contributed by atoms with Crippen LogP contribution in [0.2, 0.25) is 5.02 Å². The molecule has 1 aliphatic heterocycles. The molecule has 1 aromatic carbocycles. The fourth-order valence-electron chi connectivity index (χ4n) is 3.28. The second-order valence-corrected chi connectivity index (χ2v) is 6.67. The van der Waals surface area contributed by atoms with Gasteiger partial charge in [0.05, 0.1) is 5.69 Å². The van der Waals surface area contributed by atoms with Crippen LogP contribution in [-0.4, -0.2) is 23.1 Å². The van der Waals surface area contributed by atoms with Gasteiger partial charge in [-0.1, -0.05) is 43.6 Å². The van der Waals surface area contributed by atoms with Gasteiger partial charge in [-0.2, -0.15) is 0 Å². The van der Waals surface area contributed by atoms with Crippen LogP contribution in [0.5, 0.6) is 0 Å². The van der Waals surface area contributed by atoms with Gasteiger partial charge in [0.1, 0.15) is 5.82 Å². The minimum absolute atomic E-state index is 0. The quantitative estimate of drug-likeness (QED) is 0.893. The molecular weight excluding hydrogens is 329 g/mol. The summed E-state index contributed by atoms with van der Waals surface area (Å²) in [5.41, 5.74) is 2.17. The summed E-state index contributed by atoms with van der Waals surface area (Å²) in [5, 5.41) is 4.28. The van der Waals surface area contributed by atoms with E-state index in [1.54, 1.807) is 0 Å². The fourth-order valence-corrected chi connectivity index (χ4v) is 3.60. The molecule has 3 nitrogen and oxygen atoms in total. The van der Waals surface area contributed by atoms with Gasteiger partial charge in [-0.15, -0.1) is 12.4 Å². The smallest absolute Gasteiger partial charge is 0.131 e. The summed E-state index contributed by atoms with van der Waals surface area (Å²) in [6.07, 6.45) is 3.90. The summed E-state index contributed by atoms with van der Waals surface area (Å²) in [4.78, 5) is 9.31. The zero-order valence-electron chi connectivity index (χ0n) is 13.6. The zero-order valence-corrected chi connectivity index (χ0v) is 15.1. The zero-order chi connectivity index (χ0) is 15.6. The van der Waals surface area contributed by atoms with Gasteiger partial charge >= 0.3 is 0 Å². The van der Waals surface area contributed by atoms with Crippen molar-refractivity contribution in [2.24, 2.45) is 0 Å². The predicted octanol–water partition coefficient (Wildman–Crippen LogP) is 4.34. The van der Waals surface area contributed by atoms with Gasteiger partial charge in [0.15, 0.2) is 0 Å². The van der Waals surface area contributed by atoms with Crippen LogP contribution in [0.15, 0.2) is 36.5 Å². The standard InChI is InChI=1S/C18H22ClN3.ClH/c1-13(2)17-21-10-7-16(22-17)18(8-11-20-12-9-18)14-5-3-4-6-15(14)19;/h3-7,10,13,20H,8-9,11-12H2,1-2H3;1H. The van der Waals surface area contributed by atoms with Crippen LogP contribution >= 0.6 is 24.0 Å². The highest BCUT2D eigenvalue weighted by molar-refractivity contribution is 6.31. The third-order valence-corrected chi connectivity index (χ3v) is 4.86. The number of aromatic nitrogens is 2. The van der Waals surface area contributed by atoms with Crippen LogP contribution < -0.4 is 5.32 Å². The topological polar surface area (TPSA) is 37.8 Å². The van der Waals surface area contributed by atoms with Crippen molar-refractivity contribution in [3.05, 3.63) is 58.6 Å². The number of benzene rings is 1. The van der Waals surface area contributed by atoms with E-state index in [0.717, 1.165) is 42.5 Å². The normalized spacial score (nSPS) is 16.9. The van der Waals surface area contributed by atoms with E-state index in [2.05, 4.69) is 42.3 Å². The summed E-state index contributed by atoms with van der Waals surface area (Å²) in [6.45, 7) is 6.21. The Balaban J connectivity index is 0.00000192. The largest absolute Gasteiger partial charge is 0.317 e. The monoisotopic (exact) mass is 351 g/mol. The van der Waals surface area contributed by atoms with Crippen LogP contribution in [0.1, 0.15) is 49.7 Å². The van der Waals surface area contributed by atoms with E-state index in [1.165, 1.54) is 5.56 Å². The molecule has 0 radical (unpaired) electrons. The molecule has 0 amide bonds. The molecule has 3 rings (SSSR count). The SMILES string of the molecule is CC(C)c1nccc(C2(c3ccccc3Cl)CCNCC2)n1.Cl. The highest BCUT2D eigenvalue weighted by atomic mass is 35.5. The number of piperidine rings is 1. The maximum atomic E-state index is 6.54. The Hall–Kier alpha value is -1.16. The van der Waals surface area contributed by atoms with Crippen molar-refractivity contribution in [1.29, 1.82) is 0 Å². The lowest BCUT2D eigenvalue weighted by atomic mass is 9.70. The number of hydrogen-bond acceptors (Lipinski definition) is 3. The summed E-state index contributed by atoms with van der Waals surface area (Å²) in [7, 11) is 0. The molecule has 1 N–H and O–H groups in total. The average Bonchev–Trinajstić information content (AvgIpc) is 2.56. The third-order valence-electron chi connectivity index (χ3n) is 4.53. The van der Waals surface area contributed by atoms with E-state index >= 15 is 0 Å². The summed E-state index contributed by atoms with van der Waals surface area (Å²) >= 11 is 6.54. The lowest BCUT2D eigenvalue weighted by Crippen LogP contribution is -2.41. The Bertz CT molecular complexity index is 652.